The Morgan fingerprint density at radius 1 is 1.22 bits per heavy atom. The quantitative estimate of drug-likeness (QED) is 0.773. The fraction of sp³-hybridized carbons (Fsp3) is 0.118. The number of amides is 1. The van der Waals surface area contributed by atoms with Crippen molar-refractivity contribution in [2.45, 2.75) is 12.8 Å². The molecule has 3 rings (SSSR count). The van der Waals surface area contributed by atoms with Crippen LogP contribution in [0.2, 0.25) is 0 Å². The van der Waals surface area contributed by atoms with Crippen molar-refractivity contribution in [1.29, 1.82) is 5.26 Å². The number of anilines is 1. The predicted octanol–water partition coefficient (Wildman–Crippen LogP) is 2.56. The Morgan fingerprint density at radius 3 is 2.74 bits per heavy atom. The van der Waals surface area contributed by atoms with Crippen molar-refractivity contribution in [2.24, 2.45) is 0 Å². The first kappa shape index (κ1) is 14.6. The summed E-state index contributed by atoms with van der Waals surface area (Å²) in [5.74, 6) is -0.649. The molecule has 2 N–H and O–H groups in total. The lowest BCUT2D eigenvalue weighted by molar-refractivity contribution is -0.116. The summed E-state index contributed by atoms with van der Waals surface area (Å²) in [6.07, 6.45) is 0.911. The van der Waals surface area contributed by atoms with Crippen LogP contribution in [0.1, 0.15) is 17.5 Å². The van der Waals surface area contributed by atoms with Gasteiger partial charge in [-0.05, 0) is 42.3 Å². The number of aromatic amines is 1. The number of rotatable bonds is 4. The van der Waals surface area contributed by atoms with E-state index in [2.05, 4.69) is 16.4 Å². The van der Waals surface area contributed by atoms with Crippen molar-refractivity contribution < 1.29 is 9.21 Å². The molecule has 0 unspecified atom stereocenters. The molecule has 0 aliphatic heterocycles. The minimum atomic E-state index is -0.524. The van der Waals surface area contributed by atoms with Crippen LogP contribution in [-0.2, 0) is 11.2 Å². The molecule has 23 heavy (non-hydrogen) atoms. The summed E-state index contributed by atoms with van der Waals surface area (Å²) in [5.41, 5.74) is 3.18. The van der Waals surface area contributed by atoms with E-state index >= 15 is 0 Å². The highest BCUT2D eigenvalue weighted by atomic mass is 16.4. The summed E-state index contributed by atoms with van der Waals surface area (Å²) in [4.78, 5) is 25.6. The number of oxazole rings is 1. The van der Waals surface area contributed by atoms with Gasteiger partial charge in [-0.3, -0.25) is 9.78 Å². The molecule has 0 saturated carbocycles. The molecule has 0 radical (unpaired) electrons. The predicted molar refractivity (Wildman–Crippen MR) is 84.9 cm³/mol. The van der Waals surface area contributed by atoms with Crippen LogP contribution < -0.4 is 11.1 Å². The highest BCUT2D eigenvalue weighted by Gasteiger charge is 2.06. The van der Waals surface area contributed by atoms with Gasteiger partial charge in [0, 0.05) is 12.1 Å². The summed E-state index contributed by atoms with van der Waals surface area (Å²) < 4.78 is 4.91. The molecule has 114 valence electrons. The number of nitriles is 1. The van der Waals surface area contributed by atoms with Crippen LogP contribution in [-0.4, -0.2) is 10.9 Å². The first-order valence-corrected chi connectivity index (χ1v) is 7.06. The molecule has 0 atom stereocenters. The van der Waals surface area contributed by atoms with E-state index in [9.17, 15) is 9.59 Å². The normalized spacial score (nSPS) is 10.4. The molecule has 0 bridgehead atoms. The van der Waals surface area contributed by atoms with E-state index in [1.807, 2.05) is 12.1 Å². The topological polar surface area (TPSA) is 98.9 Å². The second kappa shape index (κ2) is 6.20. The van der Waals surface area contributed by atoms with E-state index in [0.717, 1.165) is 5.56 Å². The Bertz CT molecular complexity index is 946. The summed E-state index contributed by atoms with van der Waals surface area (Å²) in [6, 6.07) is 14.2. The van der Waals surface area contributed by atoms with Gasteiger partial charge in [-0.15, -0.1) is 0 Å². The van der Waals surface area contributed by atoms with Gasteiger partial charge in [0.25, 0.3) is 0 Å². The lowest BCUT2D eigenvalue weighted by atomic mass is 10.1. The van der Waals surface area contributed by atoms with Crippen LogP contribution in [0, 0.1) is 11.3 Å². The third-order valence-electron chi connectivity index (χ3n) is 3.43. The first-order valence-electron chi connectivity index (χ1n) is 7.06. The fourth-order valence-electron chi connectivity index (χ4n) is 2.26. The van der Waals surface area contributed by atoms with Gasteiger partial charge in [-0.1, -0.05) is 12.1 Å². The smallest absolute Gasteiger partial charge is 0.408 e. The maximum Gasteiger partial charge on any atom is 0.417 e. The third kappa shape index (κ3) is 3.47. The Morgan fingerprint density at radius 2 is 2.00 bits per heavy atom. The SMILES string of the molecule is N#Cc1ccc(CCC(=O)Nc2ccc3oc(=O)[nH]c3c2)cc1. The number of benzene rings is 2. The van der Waals surface area contributed by atoms with Gasteiger partial charge >= 0.3 is 5.76 Å². The lowest BCUT2D eigenvalue weighted by Crippen LogP contribution is -2.12. The number of nitrogens with zero attached hydrogens (tertiary/aromatic N) is 1. The zero-order chi connectivity index (χ0) is 16.2. The van der Waals surface area contributed by atoms with Gasteiger partial charge in [0.1, 0.15) is 0 Å². The lowest BCUT2D eigenvalue weighted by Gasteiger charge is -2.05. The first-order chi connectivity index (χ1) is 11.1. The third-order valence-corrected chi connectivity index (χ3v) is 3.43. The van der Waals surface area contributed by atoms with Gasteiger partial charge in [-0.25, -0.2) is 4.79 Å². The molecule has 2 aromatic carbocycles. The number of hydrogen-bond acceptors (Lipinski definition) is 4. The molecule has 0 aliphatic rings. The Hall–Kier alpha value is -3.33. The van der Waals surface area contributed by atoms with E-state index in [0.29, 0.717) is 35.2 Å². The van der Waals surface area contributed by atoms with Crippen molar-refractivity contribution in [3.63, 3.8) is 0 Å². The van der Waals surface area contributed by atoms with E-state index in [4.69, 9.17) is 9.68 Å². The minimum absolute atomic E-state index is 0.125. The van der Waals surface area contributed by atoms with Crippen molar-refractivity contribution in [2.75, 3.05) is 5.32 Å². The second-order valence-electron chi connectivity index (χ2n) is 5.08. The van der Waals surface area contributed by atoms with Gasteiger partial charge in [0.15, 0.2) is 5.58 Å². The molecule has 1 heterocycles. The molecule has 3 aromatic rings. The molecule has 0 saturated heterocycles. The van der Waals surface area contributed by atoms with Gasteiger partial charge < -0.3 is 9.73 Å². The van der Waals surface area contributed by atoms with Gasteiger partial charge in [-0.2, -0.15) is 5.26 Å². The number of nitrogens with one attached hydrogen (secondary N) is 2. The zero-order valence-electron chi connectivity index (χ0n) is 12.1. The number of aromatic nitrogens is 1. The summed E-state index contributed by atoms with van der Waals surface area (Å²) in [7, 11) is 0. The van der Waals surface area contributed by atoms with Crippen molar-refractivity contribution in [3.05, 3.63) is 64.1 Å². The zero-order valence-corrected chi connectivity index (χ0v) is 12.1. The molecular weight excluding hydrogens is 294 g/mol. The van der Waals surface area contributed by atoms with Gasteiger partial charge in [0.2, 0.25) is 5.91 Å². The molecule has 0 aliphatic carbocycles. The van der Waals surface area contributed by atoms with Crippen molar-refractivity contribution in [1.82, 2.24) is 4.98 Å². The molecule has 6 heteroatoms. The minimum Gasteiger partial charge on any atom is -0.408 e. The van der Waals surface area contributed by atoms with Crippen LogP contribution in [0.15, 0.2) is 51.7 Å². The number of hydrogen-bond donors (Lipinski definition) is 2. The van der Waals surface area contributed by atoms with Crippen molar-refractivity contribution in [3.8, 4) is 6.07 Å². The van der Waals surface area contributed by atoms with Gasteiger partial charge in [0.05, 0.1) is 17.1 Å². The van der Waals surface area contributed by atoms with E-state index in [1.165, 1.54) is 0 Å². The average Bonchev–Trinajstić information content (AvgIpc) is 2.92. The highest BCUT2D eigenvalue weighted by molar-refractivity contribution is 5.92. The molecule has 1 amide bonds. The number of carbonyl (C=O) groups excluding carboxylic acids is 1. The average molecular weight is 307 g/mol. The Labute approximate surface area is 131 Å². The van der Waals surface area contributed by atoms with E-state index in [1.54, 1.807) is 30.3 Å². The van der Waals surface area contributed by atoms with Crippen LogP contribution in [0.3, 0.4) is 0 Å². The van der Waals surface area contributed by atoms with Crippen LogP contribution in [0.25, 0.3) is 11.1 Å². The van der Waals surface area contributed by atoms with E-state index < -0.39 is 5.76 Å². The van der Waals surface area contributed by atoms with Crippen LogP contribution in [0.5, 0.6) is 0 Å². The largest absolute Gasteiger partial charge is 0.417 e. The molecule has 0 fully saturated rings. The Balaban J connectivity index is 1.61. The van der Waals surface area contributed by atoms with E-state index in [-0.39, 0.29) is 5.91 Å². The monoisotopic (exact) mass is 307 g/mol. The maximum atomic E-state index is 12.0. The van der Waals surface area contributed by atoms with Crippen LogP contribution in [0.4, 0.5) is 5.69 Å². The number of H-pyrrole nitrogens is 1. The number of carbonyl (C=O) groups is 1. The highest BCUT2D eigenvalue weighted by Crippen LogP contribution is 2.16. The maximum absolute atomic E-state index is 12.0. The number of aryl methyl sites for hydroxylation is 1. The summed E-state index contributed by atoms with van der Waals surface area (Å²) >= 11 is 0. The Kier molecular flexibility index (Phi) is 3.93. The number of fused-ring (bicyclic) bond motifs is 1. The molecule has 6 nitrogen and oxygen atoms in total. The second-order valence-corrected chi connectivity index (χ2v) is 5.08. The fourth-order valence-corrected chi connectivity index (χ4v) is 2.26. The van der Waals surface area contributed by atoms with Crippen molar-refractivity contribution >= 4 is 22.7 Å². The molecule has 0 spiro atoms. The van der Waals surface area contributed by atoms with Crippen LogP contribution >= 0.6 is 0 Å². The summed E-state index contributed by atoms with van der Waals surface area (Å²) in [6.45, 7) is 0. The standard InChI is InChI=1S/C17H13N3O3/c18-10-12-3-1-11(2-4-12)5-8-16(21)19-13-6-7-15-14(9-13)20-17(22)23-15/h1-4,6-7,9H,5,8H2,(H,19,21)(H,20,22). The molecular formula is C17H13N3O3. The summed E-state index contributed by atoms with van der Waals surface area (Å²) in [5, 5.41) is 11.5. The molecule has 1 aromatic heterocycles.